The second-order valence-electron chi connectivity index (χ2n) is 4.81. The van der Waals surface area contributed by atoms with Gasteiger partial charge in [0.25, 0.3) is 5.56 Å². The molecule has 0 atom stereocenters. The lowest BCUT2D eigenvalue weighted by Gasteiger charge is -2.10. The van der Waals surface area contributed by atoms with Crippen LogP contribution in [0.3, 0.4) is 0 Å². The molecular weight excluding hydrogens is 284 g/mol. The van der Waals surface area contributed by atoms with Crippen LogP contribution in [0, 0.1) is 0 Å². The van der Waals surface area contributed by atoms with E-state index in [2.05, 4.69) is 5.32 Å². The lowest BCUT2D eigenvalue weighted by Crippen LogP contribution is -2.23. The van der Waals surface area contributed by atoms with Crippen molar-refractivity contribution in [3.8, 4) is 0 Å². The molecule has 21 heavy (non-hydrogen) atoms. The van der Waals surface area contributed by atoms with Gasteiger partial charge in [-0.05, 0) is 29.7 Å². The first-order chi connectivity index (χ1) is 10.3. The monoisotopic (exact) mass is 298 g/mol. The quantitative estimate of drug-likeness (QED) is 0.795. The summed E-state index contributed by atoms with van der Waals surface area (Å²) in [6.07, 6.45) is 1.83. The zero-order valence-electron chi connectivity index (χ0n) is 11.4. The number of halogens is 1. The van der Waals surface area contributed by atoms with Crippen LogP contribution in [-0.4, -0.2) is 11.1 Å². The van der Waals surface area contributed by atoms with Gasteiger partial charge in [-0.3, -0.25) is 4.79 Å². The first-order valence-corrected chi connectivity index (χ1v) is 7.20. The van der Waals surface area contributed by atoms with Crippen LogP contribution in [0.1, 0.15) is 0 Å². The molecule has 0 spiro atoms. The molecule has 0 fully saturated rings. The van der Waals surface area contributed by atoms with E-state index >= 15 is 0 Å². The van der Waals surface area contributed by atoms with Gasteiger partial charge in [0, 0.05) is 24.7 Å². The molecule has 3 aromatic rings. The SMILES string of the molecule is O=c1c2ccccc2ccn1CCNc1ccccc1Cl. The molecule has 0 aliphatic heterocycles. The number of anilines is 1. The van der Waals surface area contributed by atoms with Crippen molar-refractivity contribution in [2.24, 2.45) is 0 Å². The minimum atomic E-state index is 0.0362. The molecule has 1 aromatic heterocycles. The van der Waals surface area contributed by atoms with Gasteiger partial charge in [-0.1, -0.05) is 41.9 Å². The number of fused-ring (bicyclic) bond motifs is 1. The van der Waals surface area contributed by atoms with E-state index < -0.39 is 0 Å². The molecule has 106 valence electrons. The number of para-hydroxylation sites is 1. The third kappa shape index (κ3) is 2.93. The standard InChI is InChI=1S/C17H15ClN2O/c18-15-7-3-4-8-16(15)19-10-12-20-11-9-13-5-1-2-6-14(13)17(20)21/h1-9,11,19H,10,12H2. The summed E-state index contributed by atoms with van der Waals surface area (Å²) < 4.78 is 1.71. The van der Waals surface area contributed by atoms with E-state index in [4.69, 9.17) is 11.6 Å². The number of aromatic nitrogens is 1. The summed E-state index contributed by atoms with van der Waals surface area (Å²) in [5.74, 6) is 0. The van der Waals surface area contributed by atoms with Crippen molar-refractivity contribution < 1.29 is 0 Å². The van der Waals surface area contributed by atoms with Gasteiger partial charge >= 0.3 is 0 Å². The molecule has 4 heteroatoms. The highest BCUT2D eigenvalue weighted by Crippen LogP contribution is 2.19. The minimum Gasteiger partial charge on any atom is -0.382 e. The van der Waals surface area contributed by atoms with Gasteiger partial charge in [-0.25, -0.2) is 0 Å². The van der Waals surface area contributed by atoms with Crippen molar-refractivity contribution in [1.29, 1.82) is 0 Å². The van der Waals surface area contributed by atoms with Gasteiger partial charge in [0.2, 0.25) is 0 Å². The molecule has 0 aliphatic carbocycles. The molecule has 0 saturated heterocycles. The van der Waals surface area contributed by atoms with Crippen LogP contribution in [0.2, 0.25) is 5.02 Å². The summed E-state index contributed by atoms with van der Waals surface area (Å²) in [5, 5.41) is 5.65. The zero-order valence-corrected chi connectivity index (χ0v) is 12.2. The van der Waals surface area contributed by atoms with Gasteiger partial charge < -0.3 is 9.88 Å². The van der Waals surface area contributed by atoms with Crippen molar-refractivity contribution >= 4 is 28.1 Å². The van der Waals surface area contributed by atoms with Crippen LogP contribution in [0.4, 0.5) is 5.69 Å². The van der Waals surface area contributed by atoms with Crippen molar-refractivity contribution in [2.75, 3.05) is 11.9 Å². The first kappa shape index (κ1) is 13.7. The van der Waals surface area contributed by atoms with Gasteiger partial charge in [0.05, 0.1) is 10.7 Å². The van der Waals surface area contributed by atoms with Crippen molar-refractivity contribution in [2.45, 2.75) is 6.54 Å². The number of hydrogen-bond donors (Lipinski definition) is 1. The predicted octanol–water partition coefficient (Wildman–Crippen LogP) is 3.77. The van der Waals surface area contributed by atoms with Crippen LogP contribution in [-0.2, 0) is 6.54 Å². The smallest absolute Gasteiger partial charge is 0.258 e. The maximum Gasteiger partial charge on any atom is 0.258 e. The highest BCUT2D eigenvalue weighted by Gasteiger charge is 2.02. The van der Waals surface area contributed by atoms with E-state index in [1.54, 1.807) is 4.57 Å². The van der Waals surface area contributed by atoms with E-state index in [0.29, 0.717) is 18.1 Å². The molecule has 0 unspecified atom stereocenters. The second-order valence-corrected chi connectivity index (χ2v) is 5.22. The lowest BCUT2D eigenvalue weighted by atomic mass is 10.2. The third-order valence-corrected chi connectivity index (χ3v) is 3.76. The molecule has 3 nitrogen and oxygen atoms in total. The van der Waals surface area contributed by atoms with Crippen LogP contribution in [0.5, 0.6) is 0 Å². The summed E-state index contributed by atoms with van der Waals surface area (Å²) in [6, 6.07) is 17.2. The Bertz CT molecular complexity index is 826. The van der Waals surface area contributed by atoms with Crippen LogP contribution >= 0.6 is 11.6 Å². The van der Waals surface area contributed by atoms with E-state index in [1.807, 2.05) is 60.8 Å². The highest BCUT2D eigenvalue weighted by atomic mass is 35.5. The van der Waals surface area contributed by atoms with E-state index in [1.165, 1.54) is 0 Å². The molecule has 2 aromatic carbocycles. The molecule has 0 aliphatic rings. The number of rotatable bonds is 4. The fraction of sp³-hybridized carbons (Fsp3) is 0.118. The Kier molecular flexibility index (Phi) is 3.93. The molecule has 0 amide bonds. The summed E-state index contributed by atoms with van der Waals surface area (Å²) in [6.45, 7) is 1.23. The van der Waals surface area contributed by atoms with E-state index in [-0.39, 0.29) is 5.56 Å². The fourth-order valence-corrected chi connectivity index (χ4v) is 2.52. The Morgan fingerprint density at radius 2 is 1.76 bits per heavy atom. The summed E-state index contributed by atoms with van der Waals surface area (Å²) in [4.78, 5) is 12.3. The fourth-order valence-electron chi connectivity index (χ4n) is 2.32. The average Bonchev–Trinajstić information content (AvgIpc) is 2.52. The Morgan fingerprint density at radius 1 is 1.00 bits per heavy atom. The highest BCUT2D eigenvalue weighted by molar-refractivity contribution is 6.33. The van der Waals surface area contributed by atoms with Gasteiger partial charge in [0.15, 0.2) is 0 Å². The van der Waals surface area contributed by atoms with Gasteiger partial charge in [0.1, 0.15) is 0 Å². The van der Waals surface area contributed by atoms with E-state index in [9.17, 15) is 4.79 Å². The lowest BCUT2D eigenvalue weighted by molar-refractivity contribution is 0.704. The molecule has 0 saturated carbocycles. The largest absolute Gasteiger partial charge is 0.382 e. The van der Waals surface area contributed by atoms with Gasteiger partial charge in [-0.2, -0.15) is 0 Å². The van der Waals surface area contributed by atoms with Crippen molar-refractivity contribution in [3.05, 3.63) is 76.2 Å². The number of benzene rings is 2. The minimum absolute atomic E-state index is 0.0362. The van der Waals surface area contributed by atoms with Crippen molar-refractivity contribution in [1.82, 2.24) is 4.57 Å². The Morgan fingerprint density at radius 3 is 2.62 bits per heavy atom. The molecular formula is C17H15ClN2O. The molecule has 0 radical (unpaired) electrons. The molecule has 1 N–H and O–H groups in total. The third-order valence-electron chi connectivity index (χ3n) is 3.43. The molecule has 0 bridgehead atoms. The average molecular weight is 299 g/mol. The van der Waals surface area contributed by atoms with Crippen LogP contribution in [0.25, 0.3) is 10.8 Å². The normalized spacial score (nSPS) is 10.7. The van der Waals surface area contributed by atoms with Crippen LogP contribution in [0.15, 0.2) is 65.6 Å². The number of nitrogens with one attached hydrogen (secondary N) is 1. The predicted molar refractivity (Wildman–Crippen MR) is 88.1 cm³/mol. The number of pyridine rings is 1. The van der Waals surface area contributed by atoms with Crippen molar-refractivity contribution in [3.63, 3.8) is 0 Å². The summed E-state index contributed by atoms with van der Waals surface area (Å²) in [7, 11) is 0. The maximum absolute atomic E-state index is 12.3. The number of hydrogen-bond acceptors (Lipinski definition) is 2. The van der Waals surface area contributed by atoms with Crippen LogP contribution < -0.4 is 10.9 Å². The van der Waals surface area contributed by atoms with Gasteiger partial charge in [-0.15, -0.1) is 0 Å². The maximum atomic E-state index is 12.3. The zero-order chi connectivity index (χ0) is 14.7. The first-order valence-electron chi connectivity index (χ1n) is 6.82. The Hall–Kier alpha value is -2.26. The van der Waals surface area contributed by atoms with E-state index in [0.717, 1.165) is 16.5 Å². The summed E-state index contributed by atoms with van der Waals surface area (Å²) in [5.41, 5.74) is 0.919. The molecule has 3 rings (SSSR count). The number of nitrogens with zero attached hydrogens (tertiary/aromatic N) is 1. The molecule has 1 heterocycles. The Labute approximate surface area is 127 Å². The second kappa shape index (κ2) is 6.02. The Balaban J connectivity index is 1.76. The topological polar surface area (TPSA) is 34.0 Å². The summed E-state index contributed by atoms with van der Waals surface area (Å²) >= 11 is 6.08.